The van der Waals surface area contributed by atoms with Crippen LogP contribution in [0.3, 0.4) is 0 Å². The van der Waals surface area contributed by atoms with E-state index in [0.717, 1.165) is 13.1 Å². The van der Waals surface area contributed by atoms with Gasteiger partial charge >= 0.3 is 50.5 Å². The summed E-state index contributed by atoms with van der Waals surface area (Å²) in [6, 6.07) is 21.8. The zero-order valence-corrected chi connectivity index (χ0v) is 46.9. The van der Waals surface area contributed by atoms with Crippen LogP contribution in [-0.4, -0.2) is 112 Å². The molecule has 3 atom stereocenters. The van der Waals surface area contributed by atoms with Crippen molar-refractivity contribution < 1.29 is 13.3 Å². The van der Waals surface area contributed by atoms with Crippen molar-refractivity contribution in [2.45, 2.75) is 90.1 Å². The standard InChI is InChI=1S/C17H26N2.C16H24N2.C10H20N2.I3.I2.HI/c1-18-11-5-9-17(14-18)10-6-12-19(15-17)13-16-7-3-2-4-8-16;1-2-6-15(7-3-1)12-18-11-5-9-16(14-18)8-4-10-17-13-16;1-12-7-3-5-10(9-12)4-2-6-11-8-10;1-3-2;1-2;/h2-4,7-8H,5-6,9-15H2,1H3;1-3,6-7,17H,4-5,8-14H2;11H,2-9H2,1H3;;;1H/q;;;-1;;. The summed E-state index contributed by atoms with van der Waals surface area (Å²) in [6.45, 7) is 17.6. The minimum Gasteiger partial charge on any atom is -0.316 e. The molecule has 0 saturated carbocycles. The fraction of sp³-hybridized carbons (Fsp3) is 0.721. The van der Waals surface area contributed by atoms with E-state index in [4.69, 9.17) is 0 Å². The predicted octanol–water partition coefficient (Wildman–Crippen LogP) is 7.89. The van der Waals surface area contributed by atoms with Crippen LogP contribution in [0.15, 0.2) is 60.7 Å². The largest absolute Gasteiger partial charge is 0.316 e. The average Bonchev–Trinajstić information content (AvgIpc) is 3.18. The molecule has 6 fully saturated rings. The third-order valence-electron chi connectivity index (χ3n) is 12.8. The average molecular weight is 1430 g/mol. The summed E-state index contributed by atoms with van der Waals surface area (Å²) in [4.78, 5) is 10.4. The first-order chi connectivity index (χ1) is 26.3. The molecule has 2 N–H and O–H groups in total. The first-order valence-corrected chi connectivity index (χ1v) is 39.5. The maximum atomic E-state index is 3.60. The van der Waals surface area contributed by atoms with Gasteiger partial charge in [0.1, 0.15) is 0 Å². The molecule has 6 aliphatic rings. The number of benzene rings is 2. The fourth-order valence-electron chi connectivity index (χ4n) is 10.6. The molecule has 6 aliphatic heterocycles. The Kier molecular flexibility index (Phi) is 27.4. The third kappa shape index (κ3) is 18.8. The molecule has 0 bridgehead atoms. The molecular formula is C43H71I6N6-. The summed E-state index contributed by atoms with van der Waals surface area (Å²) in [5.41, 5.74) is 4.72. The summed E-state index contributed by atoms with van der Waals surface area (Å²) in [7, 11) is 4.55. The molecule has 55 heavy (non-hydrogen) atoms. The van der Waals surface area contributed by atoms with Gasteiger partial charge < -0.3 is 20.4 Å². The number of hydrogen-bond donors (Lipinski definition) is 2. The van der Waals surface area contributed by atoms with Crippen molar-refractivity contribution in [3.63, 3.8) is 0 Å². The topological polar surface area (TPSA) is 37.0 Å². The van der Waals surface area contributed by atoms with Gasteiger partial charge in [0, 0.05) is 89.6 Å². The molecule has 0 aromatic heterocycles. The minimum absolute atomic E-state index is 0. The smallest absolute Gasteiger partial charge is 0.0233 e. The van der Waals surface area contributed by atoms with Gasteiger partial charge in [-0.05, 0) is 158 Å². The molecule has 0 aliphatic carbocycles. The molecule has 2 aromatic rings. The maximum absolute atomic E-state index is 3.60. The van der Waals surface area contributed by atoms with Gasteiger partial charge in [0.05, 0.1) is 0 Å². The van der Waals surface area contributed by atoms with Crippen LogP contribution in [-0.2, 0) is 13.1 Å². The van der Waals surface area contributed by atoms with E-state index in [1.54, 1.807) is 0 Å². The van der Waals surface area contributed by atoms with Gasteiger partial charge in [0.15, 0.2) is 0 Å². The first kappa shape index (κ1) is 51.9. The molecule has 2 aromatic carbocycles. The van der Waals surface area contributed by atoms with Crippen LogP contribution < -0.4 is 23.9 Å². The zero-order chi connectivity index (χ0) is 38.5. The van der Waals surface area contributed by atoms with Crippen molar-refractivity contribution in [1.82, 2.24) is 30.2 Å². The molecule has 0 amide bonds. The molecule has 3 spiro atoms. The predicted molar refractivity (Wildman–Crippen MR) is 278 cm³/mol. The van der Waals surface area contributed by atoms with Gasteiger partial charge in [-0.15, -0.1) is 24.0 Å². The first-order valence-electron chi connectivity index (χ1n) is 20.7. The van der Waals surface area contributed by atoms with E-state index in [1.807, 2.05) is 0 Å². The minimum atomic E-state index is 0. The molecule has 316 valence electrons. The van der Waals surface area contributed by atoms with E-state index in [0.29, 0.717) is 29.5 Å². The number of nitrogens with one attached hydrogen (secondary N) is 2. The fourth-order valence-corrected chi connectivity index (χ4v) is 10.6. The van der Waals surface area contributed by atoms with E-state index in [1.165, 1.54) is 167 Å². The van der Waals surface area contributed by atoms with Crippen molar-refractivity contribution in [2.24, 2.45) is 16.2 Å². The van der Waals surface area contributed by atoms with Crippen molar-refractivity contribution in [3.05, 3.63) is 71.8 Å². The SMILES string of the molecule is CN1CCCC2(CCCN(Cc3ccccc3)C2)C1.CN1CCCC2(CCCNC2)C1.I.II.I[I-]I.c1ccc(CN2CCCC3(CCCNC3)C2)cc1. The summed E-state index contributed by atoms with van der Waals surface area (Å²) in [6.07, 6.45) is 16.9. The van der Waals surface area contributed by atoms with E-state index in [9.17, 15) is 0 Å². The van der Waals surface area contributed by atoms with Gasteiger partial charge in [0.25, 0.3) is 0 Å². The molecular weight excluding hydrogens is 1360 g/mol. The van der Waals surface area contributed by atoms with Crippen molar-refractivity contribution in [3.8, 4) is 0 Å². The van der Waals surface area contributed by atoms with Crippen molar-refractivity contribution in [1.29, 1.82) is 0 Å². The summed E-state index contributed by atoms with van der Waals surface area (Å²) >= 11 is 9.54. The monoisotopic (exact) mass is 1430 g/mol. The Morgan fingerprint density at radius 3 is 1.27 bits per heavy atom. The number of piperidine rings is 6. The van der Waals surface area contributed by atoms with Crippen LogP contribution in [0.2, 0.25) is 0 Å². The molecule has 3 unspecified atom stereocenters. The quantitative estimate of drug-likeness (QED) is 0.304. The number of halogens is 6. The van der Waals surface area contributed by atoms with Gasteiger partial charge in [-0.1, -0.05) is 60.7 Å². The van der Waals surface area contributed by atoms with Crippen LogP contribution in [0.5, 0.6) is 0 Å². The van der Waals surface area contributed by atoms with E-state index < -0.39 is 0 Å². The van der Waals surface area contributed by atoms with Crippen LogP contribution in [0.1, 0.15) is 88.2 Å². The van der Waals surface area contributed by atoms with Gasteiger partial charge in [-0.2, -0.15) is 0 Å². The van der Waals surface area contributed by atoms with Crippen LogP contribution in [0.25, 0.3) is 0 Å². The van der Waals surface area contributed by atoms with Crippen LogP contribution in [0, 0.1) is 16.2 Å². The number of rotatable bonds is 4. The maximum Gasteiger partial charge on any atom is 0.0233 e. The summed E-state index contributed by atoms with van der Waals surface area (Å²) in [5, 5.41) is 7.14. The van der Waals surface area contributed by atoms with Crippen molar-refractivity contribution in [2.75, 3.05) is 92.6 Å². The summed E-state index contributed by atoms with van der Waals surface area (Å²) in [5.74, 6) is 0. The Bertz CT molecular complexity index is 1240. The number of hydrogen-bond acceptors (Lipinski definition) is 6. The molecule has 6 nitrogen and oxygen atoms in total. The second-order valence-corrected chi connectivity index (χ2v) is 33.6. The van der Waals surface area contributed by atoms with Crippen molar-refractivity contribution >= 4 is 98.4 Å². The number of nitrogens with zero attached hydrogens (tertiary/aromatic N) is 4. The molecule has 6 heterocycles. The Hall–Kier alpha value is 2.58. The Morgan fingerprint density at radius 1 is 0.527 bits per heavy atom. The molecule has 6 saturated heterocycles. The van der Waals surface area contributed by atoms with Crippen LogP contribution in [0.4, 0.5) is 0 Å². The molecule has 0 radical (unpaired) electrons. The zero-order valence-electron chi connectivity index (χ0n) is 33.7. The van der Waals surface area contributed by atoms with E-state index in [2.05, 4.69) is 179 Å². The Balaban J connectivity index is 0.000000211. The number of likely N-dealkylation sites (tertiary alicyclic amines) is 4. The normalized spacial score (nSPS) is 28.9. The second kappa shape index (κ2) is 29.0. The van der Waals surface area contributed by atoms with Gasteiger partial charge in [-0.3, -0.25) is 9.80 Å². The Labute approximate surface area is 407 Å². The van der Waals surface area contributed by atoms with Gasteiger partial charge in [-0.25, -0.2) is 0 Å². The van der Waals surface area contributed by atoms with Gasteiger partial charge in [0.2, 0.25) is 0 Å². The molecule has 12 heteroatoms. The Morgan fingerprint density at radius 2 is 0.873 bits per heavy atom. The van der Waals surface area contributed by atoms with E-state index >= 15 is 0 Å². The molecule has 8 rings (SSSR count). The summed E-state index contributed by atoms with van der Waals surface area (Å²) < 4.78 is 0. The second-order valence-electron chi connectivity index (χ2n) is 17.4. The van der Waals surface area contributed by atoms with Crippen LogP contribution >= 0.6 is 98.4 Å². The van der Waals surface area contributed by atoms with E-state index in [-0.39, 0.29) is 24.0 Å². The third-order valence-corrected chi connectivity index (χ3v) is 12.8.